The van der Waals surface area contributed by atoms with Crippen LogP contribution in [-0.4, -0.2) is 51.3 Å². The maximum atomic E-state index is 12.9. The van der Waals surface area contributed by atoms with Gasteiger partial charge in [0.15, 0.2) is 0 Å². The van der Waals surface area contributed by atoms with Crippen LogP contribution in [0.5, 0.6) is 0 Å². The van der Waals surface area contributed by atoms with Gasteiger partial charge in [-0.15, -0.1) is 0 Å². The number of fused-ring (bicyclic) bond motifs is 1. The van der Waals surface area contributed by atoms with Crippen LogP contribution in [0.1, 0.15) is 23.0 Å². The van der Waals surface area contributed by atoms with Crippen molar-refractivity contribution in [2.24, 2.45) is 0 Å². The third kappa shape index (κ3) is 3.92. The zero-order valence-corrected chi connectivity index (χ0v) is 16.3. The zero-order valence-electron chi connectivity index (χ0n) is 16.3. The van der Waals surface area contributed by atoms with Gasteiger partial charge in [-0.05, 0) is 30.3 Å². The summed E-state index contributed by atoms with van der Waals surface area (Å²) in [5.74, 6) is -0.581. The Morgan fingerprint density at radius 2 is 2.00 bits per heavy atom. The van der Waals surface area contributed by atoms with Gasteiger partial charge in [-0.3, -0.25) is 29.0 Å². The number of ether oxygens (including phenoxy) is 1. The van der Waals surface area contributed by atoms with Crippen LogP contribution in [0.2, 0.25) is 0 Å². The van der Waals surface area contributed by atoms with Crippen molar-refractivity contribution in [3.63, 3.8) is 0 Å². The number of benzene rings is 1. The predicted molar refractivity (Wildman–Crippen MR) is 108 cm³/mol. The van der Waals surface area contributed by atoms with Gasteiger partial charge in [0.1, 0.15) is 17.4 Å². The second-order valence-corrected chi connectivity index (χ2v) is 6.95. The first-order valence-electron chi connectivity index (χ1n) is 9.32. The summed E-state index contributed by atoms with van der Waals surface area (Å²) in [5, 5.41) is 13.6. The summed E-state index contributed by atoms with van der Waals surface area (Å²) >= 11 is 0. The molecule has 4 rings (SSSR count). The molecule has 0 unspecified atom stereocenters. The van der Waals surface area contributed by atoms with Gasteiger partial charge in [0.05, 0.1) is 30.4 Å². The van der Waals surface area contributed by atoms with Gasteiger partial charge >= 0.3 is 6.09 Å². The van der Waals surface area contributed by atoms with E-state index in [4.69, 9.17) is 4.74 Å². The molecule has 158 valence electrons. The Kier molecular flexibility index (Phi) is 5.07. The molecule has 1 atom stereocenters. The number of hydrogen-bond acceptors (Lipinski definition) is 7. The van der Waals surface area contributed by atoms with E-state index in [0.717, 1.165) is 0 Å². The number of anilines is 1. The SMILES string of the molecule is CC(=O)NC[C@H]1CN(c2ccc(C(=O)c3cnc4ccc([N+](=O)[O-])cn34)cc2)C(=O)O1. The fourth-order valence-electron chi connectivity index (χ4n) is 3.28. The number of aromatic nitrogens is 2. The molecule has 1 saturated heterocycles. The summed E-state index contributed by atoms with van der Waals surface area (Å²) < 4.78 is 6.61. The van der Waals surface area contributed by atoms with Crippen LogP contribution < -0.4 is 10.2 Å². The number of rotatable bonds is 6. The van der Waals surface area contributed by atoms with Crippen LogP contribution in [-0.2, 0) is 9.53 Å². The van der Waals surface area contributed by atoms with Crippen molar-refractivity contribution in [1.82, 2.24) is 14.7 Å². The van der Waals surface area contributed by atoms with E-state index in [0.29, 0.717) is 16.9 Å². The minimum absolute atomic E-state index is 0.156. The smallest absolute Gasteiger partial charge is 0.414 e. The quantitative estimate of drug-likeness (QED) is 0.363. The van der Waals surface area contributed by atoms with Gasteiger partial charge in [-0.1, -0.05) is 0 Å². The molecule has 0 aliphatic carbocycles. The number of carbonyl (C=O) groups is 3. The Morgan fingerprint density at radius 3 is 2.68 bits per heavy atom. The second kappa shape index (κ2) is 7.86. The molecule has 1 aliphatic rings. The summed E-state index contributed by atoms with van der Waals surface area (Å²) in [5.41, 5.74) is 1.31. The maximum Gasteiger partial charge on any atom is 0.414 e. The molecule has 11 heteroatoms. The van der Waals surface area contributed by atoms with Crippen molar-refractivity contribution in [1.29, 1.82) is 0 Å². The lowest BCUT2D eigenvalue weighted by Gasteiger charge is -2.13. The molecule has 31 heavy (non-hydrogen) atoms. The molecular formula is C20H17N5O6. The molecule has 2 aromatic heterocycles. The third-order valence-corrected chi connectivity index (χ3v) is 4.83. The van der Waals surface area contributed by atoms with Gasteiger partial charge in [0.2, 0.25) is 11.7 Å². The van der Waals surface area contributed by atoms with Crippen molar-refractivity contribution in [2.45, 2.75) is 13.0 Å². The Hall–Kier alpha value is -4.28. The topological polar surface area (TPSA) is 136 Å². The first kappa shape index (κ1) is 20.0. The van der Waals surface area contributed by atoms with Crippen LogP contribution in [0.15, 0.2) is 48.8 Å². The summed E-state index contributed by atoms with van der Waals surface area (Å²) in [7, 11) is 0. The van der Waals surface area contributed by atoms with Crippen molar-refractivity contribution in [3.05, 3.63) is 70.2 Å². The lowest BCUT2D eigenvalue weighted by molar-refractivity contribution is -0.385. The summed E-state index contributed by atoms with van der Waals surface area (Å²) in [4.78, 5) is 52.1. The van der Waals surface area contributed by atoms with Gasteiger partial charge in [0.25, 0.3) is 5.69 Å². The first-order chi connectivity index (χ1) is 14.8. The van der Waals surface area contributed by atoms with Gasteiger partial charge in [-0.25, -0.2) is 9.78 Å². The number of carbonyl (C=O) groups excluding carboxylic acids is 3. The number of amides is 2. The number of nitrogens with zero attached hydrogens (tertiary/aromatic N) is 4. The van der Waals surface area contributed by atoms with Crippen molar-refractivity contribution < 1.29 is 24.0 Å². The van der Waals surface area contributed by atoms with Crippen molar-refractivity contribution in [2.75, 3.05) is 18.0 Å². The van der Waals surface area contributed by atoms with Crippen LogP contribution in [0.25, 0.3) is 5.65 Å². The highest BCUT2D eigenvalue weighted by Crippen LogP contribution is 2.23. The van der Waals surface area contributed by atoms with Crippen molar-refractivity contribution in [3.8, 4) is 0 Å². The highest BCUT2D eigenvalue weighted by Gasteiger charge is 2.32. The van der Waals surface area contributed by atoms with Crippen LogP contribution in [0, 0.1) is 10.1 Å². The molecule has 11 nitrogen and oxygen atoms in total. The average Bonchev–Trinajstić information content (AvgIpc) is 3.34. The lowest BCUT2D eigenvalue weighted by atomic mass is 10.1. The summed E-state index contributed by atoms with van der Waals surface area (Å²) in [6, 6.07) is 9.13. The largest absolute Gasteiger partial charge is 0.442 e. The number of ketones is 1. The van der Waals surface area contributed by atoms with E-state index in [-0.39, 0.29) is 36.2 Å². The number of nitro groups is 1. The van der Waals surface area contributed by atoms with E-state index in [1.165, 1.54) is 40.8 Å². The Labute approximate surface area is 175 Å². The number of cyclic esters (lactones) is 1. The van der Waals surface area contributed by atoms with E-state index >= 15 is 0 Å². The average molecular weight is 423 g/mol. The standard InChI is InChI=1S/C20H17N5O6/c1-12(26)21-8-16-11-23(20(28)31-16)14-4-2-13(3-5-14)19(27)17-9-22-18-7-6-15(25(29)30)10-24(17)18/h2-7,9-10,16H,8,11H2,1H3,(H,21,26)/t16-/m0/s1. The van der Waals surface area contributed by atoms with Gasteiger partial charge < -0.3 is 10.1 Å². The Balaban J connectivity index is 1.53. The molecular weight excluding hydrogens is 406 g/mol. The fourth-order valence-corrected chi connectivity index (χ4v) is 3.28. The molecule has 0 spiro atoms. The normalized spacial score (nSPS) is 15.7. The first-order valence-corrected chi connectivity index (χ1v) is 9.32. The lowest BCUT2D eigenvalue weighted by Crippen LogP contribution is -2.33. The van der Waals surface area contributed by atoms with Gasteiger partial charge in [-0.2, -0.15) is 0 Å². The third-order valence-electron chi connectivity index (χ3n) is 4.83. The van der Waals surface area contributed by atoms with E-state index in [2.05, 4.69) is 10.3 Å². The van der Waals surface area contributed by atoms with Crippen LogP contribution >= 0.6 is 0 Å². The monoisotopic (exact) mass is 423 g/mol. The molecule has 1 aliphatic heterocycles. The Bertz CT molecular complexity index is 1200. The molecule has 1 fully saturated rings. The van der Waals surface area contributed by atoms with Crippen molar-refractivity contribution >= 4 is 34.8 Å². The molecule has 0 saturated carbocycles. The molecule has 1 aromatic carbocycles. The number of imidazole rings is 1. The van der Waals surface area contributed by atoms with E-state index in [1.54, 1.807) is 24.3 Å². The molecule has 3 heterocycles. The molecule has 0 bridgehead atoms. The van der Waals surface area contributed by atoms with Gasteiger partial charge in [0, 0.05) is 24.2 Å². The highest BCUT2D eigenvalue weighted by atomic mass is 16.6. The number of nitrogens with one attached hydrogen (secondary N) is 1. The summed E-state index contributed by atoms with van der Waals surface area (Å²) in [6.07, 6.45) is 1.61. The van der Waals surface area contributed by atoms with E-state index in [1.807, 2.05) is 0 Å². The molecule has 1 N–H and O–H groups in total. The Morgan fingerprint density at radius 1 is 1.26 bits per heavy atom. The second-order valence-electron chi connectivity index (χ2n) is 6.95. The predicted octanol–water partition coefficient (Wildman–Crippen LogP) is 1.93. The molecule has 0 radical (unpaired) electrons. The molecule has 2 amide bonds. The summed E-state index contributed by atoms with van der Waals surface area (Å²) in [6.45, 7) is 1.87. The fraction of sp³-hybridized carbons (Fsp3) is 0.200. The van der Waals surface area contributed by atoms with Crippen LogP contribution in [0.4, 0.5) is 16.2 Å². The minimum Gasteiger partial charge on any atom is -0.442 e. The number of hydrogen-bond donors (Lipinski definition) is 1. The maximum absolute atomic E-state index is 12.9. The zero-order chi connectivity index (χ0) is 22.1. The minimum atomic E-state index is -0.545. The van der Waals surface area contributed by atoms with E-state index in [9.17, 15) is 24.5 Å². The van der Waals surface area contributed by atoms with Crippen LogP contribution in [0.3, 0.4) is 0 Å². The number of pyridine rings is 1. The highest BCUT2D eigenvalue weighted by molar-refractivity contribution is 6.08. The molecule has 3 aromatic rings. The van der Waals surface area contributed by atoms with E-state index < -0.39 is 17.1 Å².